The van der Waals surface area contributed by atoms with Gasteiger partial charge in [0.25, 0.3) is 0 Å². The van der Waals surface area contributed by atoms with Crippen molar-refractivity contribution in [3.05, 3.63) is 186 Å². The number of fused-ring (bicyclic) bond motifs is 19. The van der Waals surface area contributed by atoms with Gasteiger partial charge in [-0.15, -0.1) is 22.7 Å². The molecule has 4 aromatic heterocycles. The molecule has 402 valence electrons. The lowest BCUT2D eigenvalue weighted by molar-refractivity contribution is 0.332. The van der Waals surface area contributed by atoms with Crippen LogP contribution in [0.15, 0.2) is 158 Å². The van der Waals surface area contributed by atoms with Crippen LogP contribution in [0.25, 0.3) is 107 Å². The molecular weight excluding hydrogens is 1030 g/mol. The molecule has 2 aliphatic heterocycles. The second kappa shape index (κ2) is 16.2. The van der Waals surface area contributed by atoms with Crippen LogP contribution in [0.2, 0.25) is 0 Å². The molecule has 2 aliphatic carbocycles. The van der Waals surface area contributed by atoms with Gasteiger partial charge in [0.15, 0.2) is 0 Å². The van der Waals surface area contributed by atoms with Gasteiger partial charge >= 0.3 is 6.85 Å². The zero-order valence-corrected chi connectivity index (χ0v) is 50.7. The Kier molecular flexibility index (Phi) is 9.72. The summed E-state index contributed by atoms with van der Waals surface area (Å²) in [6, 6.07) is 61.5. The van der Waals surface area contributed by atoms with Crippen LogP contribution in [0, 0.1) is 0 Å². The summed E-state index contributed by atoms with van der Waals surface area (Å²) in [5, 5.41) is 8.19. The fourth-order valence-corrected chi connectivity index (χ4v) is 18.2. The lowest BCUT2D eigenvalue weighted by atomic mass is 9.43. The number of para-hydroxylation sites is 1. The highest BCUT2D eigenvalue weighted by Crippen LogP contribution is 2.57. The van der Waals surface area contributed by atoms with E-state index in [-0.39, 0.29) is 33.9 Å². The number of hydrogen-bond acceptors (Lipinski definition) is 4. The third kappa shape index (κ3) is 6.58. The Labute approximate surface area is 489 Å². The van der Waals surface area contributed by atoms with Gasteiger partial charge in [0.2, 0.25) is 0 Å². The molecule has 0 radical (unpaired) electrons. The molecule has 0 bridgehead atoms. The highest BCUT2D eigenvalue weighted by atomic mass is 32.1. The summed E-state index contributed by atoms with van der Waals surface area (Å²) in [5.41, 5.74) is 23.5. The van der Waals surface area contributed by atoms with Crippen molar-refractivity contribution >= 4 is 125 Å². The van der Waals surface area contributed by atoms with Gasteiger partial charge in [-0.1, -0.05) is 155 Å². The molecule has 9 aromatic carbocycles. The molecule has 0 amide bonds. The highest BCUT2D eigenvalue weighted by Gasteiger charge is 2.48. The Morgan fingerprint density at radius 3 is 1.77 bits per heavy atom. The first kappa shape index (κ1) is 49.2. The first-order valence-corrected chi connectivity index (χ1v) is 31.5. The molecule has 0 saturated heterocycles. The summed E-state index contributed by atoms with van der Waals surface area (Å²) in [5.74, 6) is 0.944. The van der Waals surface area contributed by atoms with Crippen LogP contribution in [0.5, 0.6) is 0 Å². The SMILES string of the molecule is CC(C)(C)c1ccc(N2B3c4cc5nc(-c6ccccc6)n(-c6ccccc6)c5cc4-n4c5cc6c(cc5c5c7sc8ccccc8c7c(c3c54)-c3cc4sc5cc7c(cc5c4cc32)C(C)(C)CCC7(C)C)C(C)(C)CCC6(C)C)cc1. The topological polar surface area (TPSA) is 26.0 Å². The zero-order valence-electron chi connectivity index (χ0n) is 49.0. The molecule has 0 saturated carbocycles. The Balaban J connectivity index is 1.09. The summed E-state index contributed by atoms with van der Waals surface area (Å²) in [4.78, 5) is 8.52. The van der Waals surface area contributed by atoms with Crippen LogP contribution in [0.1, 0.15) is 130 Å². The number of thiophene rings is 2. The second-order valence-electron chi connectivity index (χ2n) is 28.4. The van der Waals surface area contributed by atoms with Crippen molar-refractivity contribution in [3.8, 4) is 33.9 Å². The van der Waals surface area contributed by atoms with E-state index < -0.39 is 0 Å². The minimum absolute atomic E-state index is 0.00767. The second-order valence-corrected chi connectivity index (χ2v) is 30.5. The lowest BCUT2D eigenvalue weighted by Crippen LogP contribution is -2.60. The van der Waals surface area contributed by atoms with Crippen LogP contribution in [-0.2, 0) is 27.1 Å². The normalized spacial score (nSPS) is 17.4. The van der Waals surface area contributed by atoms with Crippen LogP contribution < -0.4 is 15.7 Å². The van der Waals surface area contributed by atoms with E-state index in [9.17, 15) is 0 Å². The summed E-state index contributed by atoms with van der Waals surface area (Å²) >= 11 is 3.99. The molecule has 6 heterocycles. The minimum atomic E-state index is -0.204. The van der Waals surface area contributed by atoms with Crippen molar-refractivity contribution in [1.29, 1.82) is 0 Å². The van der Waals surface area contributed by atoms with Gasteiger partial charge in [-0.05, 0) is 176 Å². The maximum absolute atomic E-state index is 5.75. The van der Waals surface area contributed by atoms with Crippen LogP contribution in [0.3, 0.4) is 0 Å². The molecule has 0 spiro atoms. The molecule has 7 heteroatoms. The molecule has 82 heavy (non-hydrogen) atoms. The van der Waals surface area contributed by atoms with E-state index in [0.29, 0.717) is 0 Å². The fraction of sp³-hybridized carbons (Fsp3) is 0.267. The van der Waals surface area contributed by atoms with Crippen molar-refractivity contribution < 1.29 is 0 Å². The first-order chi connectivity index (χ1) is 39.3. The van der Waals surface area contributed by atoms with E-state index in [1.165, 1.54) is 142 Å². The van der Waals surface area contributed by atoms with E-state index in [0.717, 1.165) is 41.0 Å². The molecule has 0 N–H and O–H groups in total. The smallest absolute Gasteiger partial charge is 0.333 e. The van der Waals surface area contributed by atoms with E-state index in [1.807, 2.05) is 22.7 Å². The number of imidazole rings is 1. The number of aromatic nitrogens is 3. The predicted octanol–water partition coefficient (Wildman–Crippen LogP) is 19.8. The van der Waals surface area contributed by atoms with Crippen molar-refractivity contribution in [2.75, 3.05) is 4.81 Å². The molecular formula is C75H67BN4S2. The number of rotatable bonds is 3. The molecule has 0 fully saturated rings. The van der Waals surface area contributed by atoms with Crippen molar-refractivity contribution in [3.63, 3.8) is 0 Å². The Morgan fingerprint density at radius 1 is 0.488 bits per heavy atom. The predicted molar refractivity (Wildman–Crippen MR) is 355 cm³/mol. The standard InChI is InChI=1S/C75H67BN4S2/c1-71(2,3)43-26-28-45(29-27-43)80-58-36-48-47-34-51-54(75(10,11)33-31-72(51,4)5)39-63(47)81-62(48)37-50(58)64-65-46-24-18-19-25-61(46)82-69(65)66-49-35-52-53(74(8,9)32-30-73(52,6)7)38-57(49)79-59-41-60-56(40-55(59)76(80)67(64)68(66)79)77-70(42-20-14-12-15-21-42)78(60)44-22-16-13-17-23-44/h12-29,34-41H,30-33H2,1-11H3. The number of benzene rings is 9. The summed E-state index contributed by atoms with van der Waals surface area (Å²) < 4.78 is 10.6. The van der Waals surface area contributed by atoms with Crippen molar-refractivity contribution in [2.24, 2.45) is 0 Å². The number of anilines is 2. The molecule has 0 atom stereocenters. The van der Waals surface area contributed by atoms with Gasteiger partial charge in [0.05, 0.1) is 22.1 Å². The van der Waals surface area contributed by atoms with Crippen LogP contribution in [0.4, 0.5) is 11.4 Å². The van der Waals surface area contributed by atoms with Gasteiger partial charge in [-0.3, -0.25) is 4.57 Å². The maximum atomic E-state index is 5.75. The molecule has 4 nitrogen and oxygen atoms in total. The number of hydrogen-bond donors (Lipinski definition) is 0. The van der Waals surface area contributed by atoms with Gasteiger partial charge in [-0.25, -0.2) is 4.98 Å². The van der Waals surface area contributed by atoms with Gasteiger partial charge in [-0.2, -0.15) is 0 Å². The maximum Gasteiger partial charge on any atom is 0.333 e. The monoisotopic (exact) mass is 1100 g/mol. The summed E-state index contributed by atoms with van der Waals surface area (Å²) in [7, 11) is 0. The quantitative estimate of drug-likeness (QED) is 0.165. The third-order valence-corrected chi connectivity index (χ3v) is 22.9. The molecule has 17 rings (SSSR count). The molecule has 4 aliphatic rings. The average Bonchev–Trinajstić information content (AvgIpc) is 1.97. The van der Waals surface area contributed by atoms with Gasteiger partial charge in [0.1, 0.15) is 5.82 Å². The number of nitrogens with zero attached hydrogens (tertiary/aromatic N) is 4. The Morgan fingerprint density at radius 2 is 1.09 bits per heavy atom. The largest absolute Gasteiger partial charge is 0.376 e. The first-order valence-electron chi connectivity index (χ1n) is 29.9. The van der Waals surface area contributed by atoms with Crippen LogP contribution in [-0.4, -0.2) is 21.0 Å². The highest BCUT2D eigenvalue weighted by molar-refractivity contribution is 7.27. The summed E-state index contributed by atoms with van der Waals surface area (Å²) in [6.45, 7) is 26.6. The zero-order chi connectivity index (χ0) is 55.9. The van der Waals surface area contributed by atoms with E-state index in [1.54, 1.807) is 0 Å². The summed E-state index contributed by atoms with van der Waals surface area (Å²) in [6.07, 6.45) is 4.69. The average molecular weight is 1100 g/mol. The minimum Gasteiger partial charge on any atom is -0.376 e. The van der Waals surface area contributed by atoms with Crippen molar-refractivity contribution in [1.82, 2.24) is 14.1 Å². The third-order valence-electron chi connectivity index (χ3n) is 20.6. The van der Waals surface area contributed by atoms with Crippen molar-refractivity contribution in [2.45, 2.75) is 129 Å². The van der Waals surface area contributed by atoms with E-state index in [4.69, 9.17) is 4.98 Å². The fourth-order valence-electron chi connectivity index (χ4n) is 15.8. The van der Waals surface area contributed by atoms with E-state index >= 15 is 0 Å². The lowest BCUT2D eigenvalue weighted by Gasteiger charge is -2.43. The van der Waals surface area contributed by atoms with E-state index in [2.05, 4.69) is 248 Å². The Bertz CT molecular complexity index is 4960. The van der Waals surface area contributed by atoms with Gasteiger partial charge < -0.3 is 9.38 Å². The molecule has 0 unspecified atom stereocenters. The Hall–Kier alpha value is -7.45. The van der Waals surface area contributed by atoms with Gasteiger partial charge in [0, 0.05) is 85.0 Å². The van der Waals surface area contributed by atoms with Crippen LogP contribution >= 0.6 is 22.7 Å². The molecule has 13 aromatic rings.